The Hall–Kier alpha value is -1.88. The number of nitrogens with zero attached hydrogens (tertiary/aromatic N) is 2. The van der Waals surface area contributed by atoms with Gasteiger partial charge in [-0.3, -0.25) is 0 Å². The van der Waals surface area contributed by atoms with Crippen LogP contribution in [-0.2, 0) is 0 Å². The third-order valence-corrected chi connectivity index (χ3v) is 3.38. The van der Waals surface area contributed by atoms with E-state index in [0.717, 1.165) is 16.6 Å². The van der Waals surface area contributed by atoms with Crippen LogP contribution >= 0.6 is 11.5 Å². The van der Waals surface area contributed by atoms with Crippen molar-refractivity contribution in [3.63, 3.8) is 0 Å². The number of aromatic nitrogens is 2. The van der Waals surface area contributed by atoms with Crippen molar-refractivity contribution in [3.8, 4) is 11.3 Å². The summed E-state index contributed by atoms with van der Waals surface area (Å²) in [5.41, 5.74) is 7.53. The zero-order valence-corrected chi connectivity index (χ0v) is 9.41. The number of nitrogens with two attached hydrogens (primary N) is 1. The minimum Gasteiger partial charge on any atom is -0.381 e. The molecule has 2 heterocycles. The van der Waals surface area contributed by atoms with Gasteiger partial charge in [0.1, 0.15) is 0 Å². The summed E-state index contributed by atoms with van der Waals surface area (Å²) < 4.78 is 10.6. The molecular weight excluding hydrogens is 222 g/mol. The molecule has 0 saturated carbocycles. The fourth-order valence-electron chi connectivity index (χ4n) is 1.64. The van der Waals surface area contributed by atoms with Crippen LogP contribution in [0.1, 0.15) is 5.69 Å². The Kier molecular flexibility index (Phi) is 1.94. The van der Waals surface area contributed by atoms with Crippen molar-refractivity contribution in [1.29, 1.82) is 0 Å². The standard InChI is InChI=1S/C11H9N3OS/c1-6-8-4-7(2-3-10(8)16-14-6)9-5-11(12)13-15-9/h2-5H,1H3,(H2,12,13). The molecular formula is C11H9N3OS. The first kappa shape index (κ1) is 9.35. The molecule has 2 aromatic heterocycles. The van der Waals surface area contributed by atoms with E-state index in [1.165, 1.54) is 16.2 Å². The van der Waals surface area contributed by atoms with Crippen LogP contribution in [0.15, 0.2) is 28.8 Å². The Morgan fingerprint density at radius 3 is 2.94 bits per heavy atom. The molecule has 0 fully saturated rings. The van der Waals surface area contributed by atoms with Gasteiger partial charge < -0.3 is 10.3 Å². The molecule has 0 saturated heterocycles. The zero-order chi connectivity index (χ0) is 11.1. The van der Waals surface area contributed by atoms with Gasteiger partial charge in [0.05, 0.1) is 10.4 Å². The number of hydrogen-bond acceptors (Lipinski definition) is 5. The molecule has 0 bridgehead atoms. The van der Waals surface area contributed by atoms with Gasteiger partial charge in [0.25, 0.3) is 0 Å². The van der Waals surface area contributed by atoms with Crippen molar-refractivity contribution in [2.75, 3.05) is 5.73 Å². The maximum atomic E-state index is 5.52. The summed E-state index contributed by atoms with van der Waals surface area (Å²) >= 11 is 1.50. The van der Waals surface area contributed by atoms with Crippen LogP contribution in [0.2, 0.25) is 0 Å². The van der Waals surface area contributed by atoms with Crippen LogP contribution in [0.25, 0.3) is 21.4 Å². The van der Waals surface area contributed by atoms with E-state index in [1.54, 1.807) is 6.07 Å². The zero-order valence-electron chi connectivity index (χ0n) is 8.60. The van der Waals surface area contributed by atoms with Crippen molar-refractivity contribution < 1.29 is 4.52 Å². The number of hydrogen-bond donors (Lipinski definition) is 1. The smallest absolute Gasteiger partial charge is 0.169 e. The van der Waals surface area contributed by atoms with Gasteiger partial charge in [0, 0.05) is 17.0 Å². The molecule has 0 aliphatic rings. The lowest BCUT2D eigenvalue weighted by molar-refractivity contribution is 0.436. The lowest BCUT2D eigenvalue weighted by atomic mass is 10.1. The summed E-state index contributed by atoms with van der Waals surface area (Å²) in [5, 5.41) is 4.82. The normalized spacial score (nSPS) is 11.1. The number of rotatable bonds is 1. The fraction of sp³-hybridized carbons (Fsp3) is 0.0909. The van der Waals surface area contributed by atoms with Gasteiger partial charge >= 0.3 is 0 Å². The minimum absolute atomic E-state index is 0.398. The molecule has 0 aliphatic heterocycles. The number of fused-ring (bicyclic) bond motifs is 1. The van der Waals surface area contributed by atoms with Gasteiger partial charge in [0.2, 0.25) is 0 Å². The lowest BCUT2D eigenvalue weighted by Crippen LogP contribution is -1.80. The van der Waals surface area contributed by atoms with Crippen LogP contribution < -0.4 is 5.73 Å². The van der Waals surface area contributed by atoms with E-state index in [2.05, 4.69) is 9.53 Å². The van der Waals surface area contributed by atoms with Gasteiger partial charge in [0.15, 0.2) is 11.6 Å². The molecule has 2 N–H and O–H groups in total. The first-order chi connectivity index (χ1) is 7.74. The van der Waals surface area contributed by atoms with Crippen LogP contribution in [0.5, 0.6) is 0 Å². The van der Waals surface area contributed by atoms with Crippen molar-refractivity contribution >= 4 is 27.4 Å². The van der Waals surface area contributed by atoms with Crippen LogP contribution in [-0.4, -0.2) is 9.53 Å². The first-order valence-electron chi connectivity index (χ1n) is 4.82. The average Bonchev–Trinajstić information content (AvgIpc) is 2.86. The number of aryl methyl sites for hydroxylation is 1. The van der Waals surface area contributed by atoms with Gasteiger partial charge in [-0.2, -0.15) is 4.37 Å². The topological polar surface area (TPSA) is 64.9 Å². The molecule has 16 heavy (non-hydrogen) atoms. The predicted octanol–water partition coefficient (Wildman–Crippen LogP) is 2.84. The number of benzene rings is 1. The SMILES string of the molecule is Cc1nsc2ccc(-c3cc(N)no3)cc12. The summed E-state index contributed by atoms with van der Waals surface area (Å²) in [6.07, 6.45) is 0. The molecule has 5 heteroatoms. The van der Waals surface area contributed by atoms with Gasteiger partial charge in [-0.1, -0.05) is 5.16 Å². The number of anilines is 1. The molecule has 0 amide bonds. The highest BCUT2D eigenvalue weighted by molar-refractivity contribution is 7.13. The minimum atomic E-state index is 0.398. The van der Waals surface area contributed by atoms with E-state index < -0.39 is 0 Å². The second-order valence-electron chi connectivity index (χ2n) is 3.59. The second kappa shape index (κ2) is 3.31. The molecule has 80 valence electrons. The van der Waals surface area contributed by atoms with E-state index in [9.17, 15) is 0 Å². The van der Waals surface area contributed by atoms with Crippen molar-refractivity contribution in [3.05, 3.63) is 30.0 Å². The Morgan fingerprint density at radius 2 is 2.19 bits per heavy atom. The highest BCUT2D eigenvalue weighted by Gasteiger charge is 2.08. The van der Waals surface area contributed by atoms with Gasteiger partial charge in [-0.15, -0.1) is 0 Å². The molecule has 0 atom stereocenters. The average molecular weight is 231 g/mol. The quantitative estimate of drug-likeness (QED) is 0.699. The summed E-state index contributed by atoms with van der Waals surface area (Å²) in [4.78, 5) is 0. The summed E-state index contributed by atoms with van der Waals surface area (Å²) in [6, 6.07) is 7.79. The third kappa shape index (κ3) is 1.37. The molecule has 1 aromatic carbocycles. The molecule has 0 radical (unpaired) electrons. The van der Waals surface area contributed by atoms with E-state index in [4.69, 9.17) is 10.3 Å². The maximum Gasteiger partial charge on any atom is 0.169 e. The monoisotopic (exact) mass is 231 g/mol. The molecule has 0 spiro atoms. The van der Waals surface area contributed by atoms with Gasteiger partial charge in [-0.25, -0.2) is 0 Å². The summed E-state index contributed by atoms with van der Waals surface area (Å²) in [5.74, 6) is 1.08. The number of nitrogen functional groups attached to an aromatic ring is 1. The molecule has 0 unspecified atom stereocenters. The third-order valence-electron chi connectivity index (χ3n) is 2.46. The summed E-state index contributed by atoms with van der Waals surface area (Å²) in [7, 11) is 0. The van der Waals surface area contributed by atoms with E-state index >= 15 is 0 Å². The molecule has 0 aliphatic carbocycles. The maximum absolute atomic E-state index is 5.52. The Morgan fingerprint density at radius 1 is 1.31 bits per heavy atom. The van der Waals surface area contributed by atoms with Crippen LogP contribution in [0.4, 0.5) is 5.82 Å². The van der Waals surface area contributed by atoms with E-state index in [0.29, 0.717) is 11.6 Å². The van der Waals surface area contributed by atoms with Crippen molar-refractivity contribution in [2.24, 2.45) is 0 Å². The lowest BCUT2D eigenvalue weighted by Gasteiger charge is -1.95. The molecule has 3 aromatic rings. The Labute approximate surface area is 95.8 Å². The highest BCUT2D eigenvalue weighted by Crippen LogP contribution is 2.29. The first-order valence-corrected chi connectivity index (χ1v) is 5.60. The predicted molar refractivity (Wildman–Crippen MR) is 64.3 cm³/mol. The van der Waals surface area contributed by atoms with E-state index in [-0.39, 0.29) is 0 Å². The Balaban J connectivity index is 2.21. The second-order valence-corrected chi connectivity index (χ2v) is 4.40. The molecule has 4 nitrogen and oxygen atoms in total. The Bertz CT molecular complexity index is 656. The highest BCUT2D eigenvalue weighted by atomic mass is 32.1. The van der Waals surface area contributed by atoms with Crippen molar-refractivity contribution in [2.45, 2.75) is 6.92 Å². The van der Waals surface area contributed by atoms with Crippen LogP contribution in [0.3, 0.4) is 0 Å². The van der Waals surface area contributed by atoms with Crippen LogP contribution in [0, 0.1) is 6.92 Å². The summed E-state index contributed by atoms with van der Waals surface area (Å²) in [6.45, 7) is 2.00. The van der Waals surface area contributed by atoms with Crippen molar-refractivity contribution in [1.82, 2.24) is 9.53 Å². The largest absolute Gasteiger partial charge is 0.381 e. The van der Waals surface area contributed by atoms with Gasteiger partial charge in [-0.05, 0) is 36.7 Å². The fourth-order valence-corrected chi connectivity index (χ4v) is 2.40. The molecule has 3 rings (SSSR count). The van der Waals surface area contributed by atoms with E-state index in [1.807, 2.05) is 25.1 Å².